The summed E-state index contributed by atoms with van der Waals surface area (Å²) in [6, 6.07) is 7.47. The zero-order valence-corrected chi connectivity index (χ0v) is 13.7. The van der Waals surface area contributed by atoms with Gasteiger partial charge in [-0.1, -0.05) is 34.8 Å². The number of aromatic nitrogens is 2. The summed E-state index contributed by atoms with van der Waals surface area (Å²) in [5.74, 6) is -0.978. The van der Waals surface area contributed by atoms with Crippen molar-refractivity contribution in [3.63, 3.8) is 0 Å². The summed E-state index contributed by atoms with van der Waals surface area (Å²) < 4.78 is 13.7. The van der Waals surface area contributed by atoms with Crippen molar-refractivity contribution in [2.24, 2.45) is 0 Å². The third-order valence-corrected chi connectivity index (χ3v) is 4.20. The summed E-state index contributed by atoms with van der Waals surface area (Å²) >= 11 is 18.1. The van der Waals surface area contributed by atoms with Gasteiger partial charge in [-0.15, -0.1) is 11.8 Å². The van der Waals surface area contributed by atoms with Crippen LogP contribution in [-0.4, -0.2) is 21.9 Å². The average Bonchev–Trinajstić information content (AvgIpc) is 2.90. The SMILES string of the molecule is CSc1cc(-c2ccc(F)cc2)nn1C(=O)C(Cl)=C(Cl)Cl. The molecule has 0 unspecified atom stereocenters. The van der Waals surface area contributed by atoms with E-state index in [1.165, 1.54) is 23.9 Å². The molecule has 0 spiro atoms. The first-order chi connectivity index (χ1) is 9.93. The number of hydrogen-bond donors (Lipinski definition) is 0. The third kappa shape index (κ3) is 3.61. The number of thioether (sulfide) groups is 1. The molecule has 0 bridgehead atoms. The van der Waals surface area contributed by atoms with Gasteiger partial charge in [-0.25, -0.2) is 4.39 Å². The molecule has 21 heavy (non-hydrogen) atoms. The van der Waals surface area contributed by atoms with Gasteiger partial charge in [0.15, 0.2) is 0 Å². The normalized spacial score (nSPS) is 10.5. The number of benzene rings is 1. The Kier molecular flexibility index (Phi) is 5.32. The summed E-state index contributed by atoms with van der Waals surface area (Å²) in [6.07, 6.45) is 1.79. The fourth-order valence-corrected chi connectivity index (χ4v) is 2.36. The number of allylic oxidation sites excluding steroid dienone is 1. The predicted octanol–water partition coefficient (Wildman–Crippen LogP) is 4.94. The van der Waals surface area contributed by atoms with E-state index in [0.717, 1.165) is 4.68 Å². The lowest BCUT2D eigenvalue weighted by molar-refractivity contribution is 0.0938. The van der Waals surface area contributed by atoms with Gasteiger partial charge in [0, 0.05) is 5.56 Å². The fourth-order valence-electron chi connectivity index (χ4n) is 1.59. The van der Waals surface area contributed by atoms with Crippen molar-refractivity contribution in [1.29, 1.82) is 0 Å². The van der Waals surface area contributed by atoms with Crippen LogP contribution in [0, 0.1) is 5.82 Å². The number of nitrogens with zero attached hydrogens (tertiary/aromatic N) is 2. The molecule has 2 rings (SSSR count). The second-order valence-corrected chi connectivity index (χ2v) is 6.02. The highest BCUT2D eigenvalue weighted by molar-refractivity contribution is 7.98. The highest BCUT2D eigenvalue weighted by atomic mass is 35.5. The maximum atomic E-state index is 12.9. The number of halogens is 4. The number of hydrogen-bond acceptors (Lipinski definition) is 3. The van der Waals surface area contributed by atoms with Crippen molar-refractivity contribution < 1.29 is 9.18 Å². The molecule has 1 aromatic carbocycles. The van der Waals surface area contributed by atoms with Crippen LogP contribution in [0.2, 0.25) is 0 Å². The second kappa shape index (κ2) is 6.83. The van der Waals surface area contributed by atoms with Crippen LogP contribution in [0.1, 0.15) is 4.79 Å². The van der Waals surface area contributed by atoms with Gasteiger partial charge in [0.2, 0.25) is 0 Å². The lowest BCUT2D eigenvalue weighted by atomic mass is 10.1. The van der Waals surface area contributed by atoms with Gasteiger partial charge in [-0.05, 0) is 36.6 Å². The predicted molar refractivity (Wildman–Crippen MR) is 84.6 cm³/mol. The van der Waals surface area contributed by atoms with Crippen molar-refractivity contribution in [1.82, 2.24) is 9.78 Å². The Balaban J connectivity index is 2.47. The van der Waals surface area contributed by atoms with Crippen LogP contribution >= 0.6 is 46.6 Å². The van der Waals surface area contributed by atoms with E-state index < -0.39 is 5.91 Å². The first-order valence-corrected chi connectivity index (χ1v) is 7.95. The zero-order chi connectivity index (χ0) is 15.6. The molecule has 0 aliphatic carbocycles. The van der Waals surface area contributed by atoms with Crippen molar-refractivity contribution in [3.8, 4) is 11.3 Å². The Morgan fingerprint density at radius 2 is 1.86 bits per heavy atom. The number of carbonyl (C=O) groups is 1. The molecule has 0 fully saturated rings. The zero-order valence-electron chi connectivity index (χ0n) is 10.6. The van der Waals surface area contributed by atoms with Crippen molar-refractivity contribution in [3.05, 3.63) is 45.7 Å². The lowest BCUT2D eigenvalue weighted by Crippen LogP contribution is -2.13. The smallest absolute Gasteiger partial charge is 0.266 e. The van der Waals surface area contributed by atoms with Gasteiger partial charge in [0.05, 0.1) is 5.69 Å². The second-order valence-electron chi connectivity index (χ2n) is 3.87. The van der Waals surface area contributed by atoms with E-state index in [4.69, 9.17) is 34.8 Å². The van der Waals surface area contributed by atoms with E-state index in [-0.39, 0.29) is 15.3 Å². The van der Waals surface area contributed by atoms with Crippen molar-refractivity contribution in [2.75, 3.05) is 6.26 Å². The fraction of sp³-hybridized carbons (Fsp3) is 0.0769. The Bertz CT molecular complexity index is 709. The minimum atomic E-state index is -0.630. The first kappa shape index (κ1) is 16.4. The molecular formula is C13H8Cl3FN2OS. The van der Waals surface area contributed by atoms with Crippen LogP contribution in [0.3, 0.4) is 0 Å². The maximum Gasteiger partial charge on any atom is 0.293 e. The lowest BCUT2D eigenvalue weighted by Gasteiger charge is -2.02. The quantitative estimate of drug-likeness (QED) is 0.571. The van der Waals surface area contributed by atoms with Gasteiger partial charge < -0.3 is 0 Å². The Morgan fingerprint density at radius 3 is 2.38 bits per heavy atom. The molecule has 0 atom stereocenters. The van der Waals surface area contributed by atoms with Crippen LogP contribution in [-0.2, 0) is 0 Å². The summed E-state index contributed by atoms with van der Waals surface area (Å²) in [7, 11) is 0. The van der Waals surface area contributed by atoms with Crippen LogP contribution < -0.4 is 0 Å². The molecule has 0 aliphatic rings. The van der Waals surface area contributed by atoms with Crippen LogP contribution in [0.25, 0.3) is 11.3 Å². The van der Waals surface area contributed by atoms with Gasteiger partial charge in [-0.3, -0.25) is 4.79 Å². The highest BCUT2D eigenvalue weighted by Gasteiger charge is 2.19. The molecule has 2 aromatic rings. The molecule has 110 valence electrons. The standard InChI is InChI=1S/C13H8Cl3FN2OS/c1-21-10-6-9(7-2-4-8(17)5-3-7)18-19(10)13(20)11(14)12(15)16/h2-6H,1H3. The summed E-state index contributed by atoms with van der Waals surface area (Å²) in [5, 5.41) is 4.42. The summed E-state index contributed by atoms with van der Waals surface area (Å²) in [5.41, 5.74) is 1.19. The van der Waals surface area contributed by atoms with E-state index in [1.54, 1.807) is 24.5 Å². The van der Waals surface area contributed by atoms with E-state index in [1.807, 2.05) is 0 Å². The first-order valence-electron chi connectivity index (χ1n) is 5.59. The number of carbonyl (C=O) groups excluding carboxylic acids is 1. The molecule has 1 heterocycles. The molecule has 0 saturated carbocycles. The average molecular weight is 366 g/mol. The molecule has 0 radical (unpaired) electrons. The molecule has 1 aromatic heterocycles. The van der Waals surface area contributed by atoms with Gasteiger partial charge >= 0.3 is 0 Å². The Morgan fingerprint density at radius 1 is 1.24 bits per heavy atom. The minimum Gasteiger partial charge on any atom is -0.266 e. The maximum absolute atomic E-state index is 12.9. The van der Waals surface area contributed by atoms with Crippen LogP contribution in [0.4, 0.5) is 4.39 Å². The van der Waals surface area contributed by atoms with E-state index in [9.17, 15) is 9.18 Å². The largest absolute Gasteiger partial charge is 0.293 e. The molecule has 0 saturated heterocycles. The summed E-state index contributed by atoms with van der Waals surface area (Å²) in [6.45, 7) is 0. The summed E-state index contributed by atoms with van der Waals surface area (Å²) in [4.78, 5) is 12.1. The molecule has 0 amide bonds. The monoisotopic (exact) mass is 364 g/mol. The van der Waals surface area contributed by atoms with Crippen molar-refractivity contribution in [2.45, 2.75) is 5.03 Å². The molecule has 0 aliphatic heterocycles. The van der Waals surface area contributed by atoms with E-state index >= 15 is 0 Å². The van der Waals surface area contributed by atoms with E-state index in [2.05, 4.69) is 5.10 Å². The molecule has 0 N–H and O–H groups in total. The molecule has 3 nitrogen and oxygen atoms in total. The molecule has 8 heteroatoms. The Labute approximate surface area is 139 Å². The van der Waals surface area contributed by atoms with Crippen LogP contribution in [0.15, 0.2) is 44.9 Å². The van der Waals surface area contributed by atoms with Gasteiger partial charge in [0.1, 0.15) is 20.4 Å². The minimum absolute atomic E-state index is 0.317. The third-order valence-electron chi connectivity index (χ3n) is 2.57. The number of rotatable bonds is 3. The molecular weight excluding hydrogens is 358 g/mol. The van der Waals surface area contributed by atoms with Crippen LogP contribution in [0.5, 0.6) is 0 Å². The highest BCUT2D eigenvalue weighted by Crippen LogP contribution is 2.27. The van der Waals surface area contributed by atoms with Gasteiger partial charge in [-0.2, -0.15) is 9.78 Å². The topological polar surface area (TPSA) is 34.9 Å². The van der Waals surface area contributed by atoms with E-state index in [0.29, 0.717) is 16.3 Å². The Hall–Kier alpha value is -1.01. The van der Waals surface area contributed by atoms with Gasteiger partial charge in [0.25, 0.3) is 5.91 Å². The van der Waals surface area contributed by atoms with Crippen molar-refractivity contribution >= 4 is 52.5 Å².